The van der Waals surface area contributed by atoms with Gasteiger partial charge in [-0.2, -0.15) is 5.26 Å². The van der Waals surface area contributed by atoms with E-state index in [2.05, 4.69) is 32.9 Å². The molecule has 0 aliphatic carbocycles. The lowest BCUT2D eigenvalue weighted by atomic mass is 10.1. The Balaban J connectivity index is 2.12. The van der Waals surface area contributed by atoms with Gasteiger partial charge >= 0.3 is 0 Å². The fourth-order valence-electron chi connectivity index (χ4n) is 1.45. The van der Waals surface area contributed by atoms with Crippen LogP contribution in [-0.2, 0) is 6.54 Å². The van der Waals surface area contributed by atoms with Crippen molar-refractivity contribution in [2.45, 2.75) is 6.54 Å². The largest absolute Gasteiger partial charge is 0.365 e. The van der Waals surface area contributed by atoms with Crippen molar-refractivity contribution in [3.8, 4) is 6.07 Å². The molecule has 0 aliphatic heterocycles. The average Bonchev–Trinajstić information content (AvgIpc) is 2.39. The van der Waals surface area contributed by atoms with Crippen LogP contribution in [0, 0.1) is 20.7 Å². The molecule has 0 bridgehead atoms. The second-order valence-corrected chi connectivity index (χ2v) is 4.77. The Morgan fingerprint density at radius 2 is 2.22 bits per heavy atom. The van der Waals surface area contributed by atoms with Crippen LogP contribution in [0.1, 0.15) is 11.1 Å². The fourth-order valence-corrected chi connectivity index (χ4v) is 1.99. The van der Waals surface area contributed by atoms with Gasteiger partial charge in [0, 0.05) is 18.3 Å². The minimum Gasteiger partial charge on any atom is -0.365 e. The molecule has 0 radical (unpaired) electrons. The van der Waals surface area contributed by atoms with Gasteiger partial charge in [0.2, 0.25) is 0 Å². The lowest BCUT2D eigenvalue weighted by Gasteiger charge is -2.08. The van der Waals surface area contributed by atoms with Crippen LogP contribution in [0.25, 0.3) is 0 Å². The molecule has 1 aromatic heterocycles. The highest BCUT2D eigenvalue weighted by atomic mass is 127. The number of nitrogens with one attached hydrogen (secondary N) is 1. The molecular weight excluding hydrogens is 344 g/mol. The van der Waals surface area contributed by atoms with Crippen molar-refractivity contribution in [3.63, 3.8) is 0 Å². The summed E-state index contributed by atoms with van der Waals surface area (Å²) < 4.78 is 14.6. The van der Waals surface area contributed by atoms with Crippen molar-refractivity contribution in [1.82, 2.24) is 4.98 Å². The molecule has 0 fully saturated rings. The summed E-state index contributed by atoms with van der Waals surface area (Å²) in [4.78, 5) is 4.16. The Morgan fingerprint density at radius 3 is 2.89 bits per heavy atom. The predicted molar refractivity (Wildman–Crippen MR) is 75.4 cm³/mol. The number of nitrogens with zero attached hydrogens (tertiary/aromatic N) is 2. The Kier molecular flexibility index (Phi) is 4.10. The number of halogens is 2. The number of pyridine rings is 1. The van der Waals surface area contributed by atoms with Gasteiger partial charge in [-0.15, -0.1) is 0 Å². The second-order valence-electron chi connectivity index (χ2n) is 3.61. The molecule has 18 heavy (non-hydrogen) atoms. The Bertz CT molecular complexity index is 607. The first-order valence-corrected chi connectivity index (χ1v) is 6.31. The fraction of sp³-hybridized carbons (Fsp3) is 0.0769. The summed E-state index contributed by atoms with van der Waals surface area (Å²) in [5.74, 6) is 0.342. The van der Waals surface area contributed by atoms with Crippen LogP contribution >= 0.6 is 22.6 Å². The van der Waals surface area contributed by atoms with Crippen LogP contribution in [0.4, 0.5) is 10.2 Å². The molecule has 1 heterocycles. The third-order valence-corrected chi connectivity index (χ3v) is 3.26. The summed E-state index contributed by atoms with van der Waals surface area (Å²) in [5.41, 5.74) is 0.833. The average molecular weight is 353 g/mol. The van der Waals surface area contributed by atoms with Gasteiger partial charge in [0.1, 0.15) is 11.6 Å². The molecule has 2 aromatic rings. The van der Waals surface area contributed by atoms with Crippen molar-refractivity contribution in [2.75, 3.05) is 5.32 Å². The van der Waals surface area contributed by atoms with Crippen molar-refractivity contribution in [3.05, 3.63) is 57.0 Å². The highest BCUT2D eigenvalue weighted by Crippen LogP contribution is 2.16. The summed E-state index contributed by atoms with van der Waals surface area (Å²) in [6.07, 6.45) is 1.68. The van der Waals surface area contributed by atoms with E-state index in [4.69, 9.17) is 5.26 Å². The summed E-state index contributed by atoms with van der Waals surface area (Å²) in [6, 6.07) is 10.1. The van der Waals surface area contributed by atoms with Crippen LogP contribution in [0.2, 0.25) is 0 Å². The zero-order chi connectivity index (χ0) is 13.0. The summed E-state index contributed by atoms with van der Waals surface area (Å²) in [6.45, 7) is 0.338. The minimum absolute atomic E-state index is 0.323. The summed E-state index contributed by atoms with van der Waals surface area (Å²) in [5, 5.41) is 11.7. The Labute approximate surface area is 118 Å². The molecule has 1 N–H and O–H groups in total. The van der Waals surface area contributed by atoms with Crippen LogP contribution in [-0.4, -0.2) is 4.98 Å². The maximum Gasteiger partial charge on any atom is 0.139 e. The molecule has 0 atom stereocenters. The normalized spacial score (nSPS) is 9.83. The summed E-state index contributed by atoms with van der Waals surface area (Å²) >= 11 is 2.16. The zero-order valence-corrected chi connectivity index (χ0v) is 11.5. The number of anilines is 1. The molecule has 0 aliphatic rings. The van der Waals surface area contributed by atoms with E-state index < -0.39 is 0 Å². The molecule has 1 aromatic carbocycles. The van der Waals surface area contributed by atoms with E-state index in [-0.39, 0.29) is 5.82 Å². The molecule has 0 saturated heterocycles. The van der Waals surface area contributed by atoms with Crippen molar-refractivity contribution < 1.29 is 4.39 Å². The first kappa shape index (κ1) is 12.8. The van der Waals surface area contributed by atoms with E-state index in [1.165, 1.54) is 6.07 Å². The first-order valence-electron chi connectivity index (χ1n) is 5.23. The molecule has 0 amide bonds. The molecule has 0 unspecified atom stereocenters. The molecule has 5 heteroatoms. The van der Waals surface area contributed by atoms with E-state index in [9.17, 15) is 4.39 Å². The SMILES string of the molecule is N#Cc1ccc(CNc2ncccc2I)c(F)c1. The van der Waals surface area contributed by atoms with Gasteiger partial charge in [-0.1, -0.05) is 6.07 Å². The van der Waals surface area contributed by atoms with Crippen molar-refractivity contribution in [2.24, 2.45) is 0 Å². The molecule has 0 spiro atoms. The number of benzene rings is 1. The van der Waals surface area contributed by atoms with E-state index >= 15 is 0 Å². The van der Waals surface area contributed by atoms with Gasteiger partial charge in [0.25, 0.3) is 0 Å². The van der Waals surface area contributed by atoms with E-state index in [0.29, 0.717) is 17.7 Å². The molecule has 3 nitrogen and oxygen atoms in total. The van der Waals surface area contributed by atoms with Crippen LogP contribution in [0.15, 0.2) is 36.5 Å². The standard InChI is InChI=1S/C13H9FIN3/c14-11-6-9(7-16)3-4-10(11)8-18-13-12(15)2-1-5-17-13/h1-6H,8H2,(H,17,18). The second kappa shape index (κ2) is 5.78. The maximum absolute atomic E-state index is 13.6. The van der Waals surface area contributed by atoms with Gasteiger partial charge in [0.15, 0.2) is 0 Å². The number of rotatable bonds is 3. The smallest absolute Gasteiger partial charge is 0.139 e. The highest BCUT2D eigenvalue weighted by Gasteiger charge is 2.05. The van der Waals surface area contributed by atoms with Gasteiger partial charge in [-0.05, 0) is 46.9 Å². The van der Waals surface area contributed by atoms with E-state index in [1.807, 2.05) is 18.2 Å². The quantitative estimate of drug-likeness (QED) is 0.862. The monoisotopic (exact) mass is 353 g/mol. The van der Waals surface area contributed by atoms with Crippen molar-refractivity contribution in [1.29, 1.82) is 5.26 Å². The first-order chi connectivity index (χ1) is 8.70. The third kappa shape index (κ3) is 2.96. The number of hydrogen-bond acceptors (Lipinski definition) is 3. The van der Waals surface area contributed by atoms with E-state index in [0.717, 1.165) is 9.39 Å². The molecule has 2 rings (SSSR count). The predicted octanol–water partition coefficient (Wildman–Crippen LogP) is 3.31. The highest BCUT2D eigenvalue weighted by molar-refractivity contribution is 14.1. The number of nitriles is 1. The van der Waals surface area contributed by atoms with Crippen molar-refractivity contribution >= 4 is 28.4 Å². The summed E-state index contributed by atoms with van der Waals surface area (Å²) in [7, 11) is 0. The Morgan fingerprint density at radius 1 is 1.39 bits per heavy atom. The van der Waals surface area contributed by atoms with Crippen LogP contribution in [0.5, 0.6) is 0 Å². The third-order valence-electron chi connectivity index (χ3n) is 2.39. The van der Waals surface area contributed by atoms with Gasteiger partial charge < -0.3 is 5.32 Å². The Hall–Kier alpha value is -1.68. The minimum atomic E-state index is -0.382. The van der Waals surface area contributed by atoms with Crippen LogP contribution in [0.3, 0.4) is 0 Å². The molecule has 0 saturated carbocycles. The van der Waals surface area contributed by atoms with E-state index in [1.54, 1.807) is 18.3 Å². The number of aromatic nitrogens is 1. The van der Waals surface area contributed by atoms with Crippen LogP contribution < -0.4 is 5.32 Å². The lowest BCUT2D eigenvalue weighted by Crippen LogP contribution is -2.04. The lowest BCUT2D eigenvalue weighted by molar-refractivity contribution is 0.612. The molecule has 90 valence electrons. The van der Waals surface area contributed by atoms with Gasteiger partial charge in [-0.25, -0.2) is 9.37 Å². The van der Waals surface area contributed by atoms with Gasteiger partial charge in [0.05, 0.1) is 15.2 Å². The topological polar surface area (TPSA) is 48.7 Å². The van der Waals surface area contributed by atoms with Gasteiger partial charge in [-0.3, -0.25) is 0 Å². The number of hydrogen-bond donors (Lipinski definition) is 1. The maximum atomic E-state index is 13.6. The zero-order valence-electron chi connectivity index (χ0n) is 9.32. The molecular formula is C13H9FIN3.